The van der Waals surface area contributed by atoms with Crippen LogP contribution < -0.4 is 0 Å². The van der Waals surface area contributed by atoms with Crippen LogP contribution in [0.5, 0.6) is 0 Å². The van der Waals surface area contributed by atoms with E-state index in [0.29, 0.717) is 36.6 Å². The minimum atomic E-state index is -0.135. The lowest BCUT2D eigenvalue weighted by atomic mass is 10.1. The molecule has 0 atom stereocenters. The summed E-state index contributed by atoms with van der Waals surface area (Å²) in [7, 11) is 0. The van der Waals surface area contributed by atoms with Gasteiger partial charge >= 0.3 is 0 Å². The Balaban J connectivity index is 2.07. The van der Waals surface area contributed by atoms with E-state index >= 15 is 0 Å². The van der Waals surface area contributed by atoms with Crippen LogP contribution in [-0.4, -0.2) is 34.7 Å². The zero-order valence-corrected chi connectivity index (χ0v) is 9.41. The summed E-state index contributed by atoms with van der Waals surface area (Å²) < 4.78 is 0. The smallest absolute Gasteiger partial charge is 0.272 e. The molecule has 5 heteroatoms. The van der Waals surface area contributed by atoms with Crippen molar-refractivity contribution in [3.63, 3.8) is 0 Å². The zero-order valence-electron chi connectivity index (χ0n) is 8.65. The third kappa shape index (κ3) is 2.39. The van der Waals surface area contributed by atoms with Gasteiger partial charge in [0.2, 0.25) is 0 Å². The van der Waals surface area contributed by atoms with Crippen molar-refractivity contribution in [2.45, 2.75) is 12.8 Å². The number of carbonyl (C=O) groups excluding carboxylic acids is 2. The summed E-state index contributed by atoms with van der Waals surface area (Å²) in [6, 6.07) is 3.23. The summed E-state index contributed by atoms with van der Waals surface area (Å²) in [6.45, 7) is 0.976. The zero-order chi connectivity index (χ0) is 11.5. The summed E-state index contributed by atoms with van der Waals surface area (Å²) in [5.41, 5.74) is 0.374. The van der Waals surface area contributed by atoms with Crippen LogP contribution in [0.1, 0.15) is 23.3 Å². The van der Waals surface area contributed by atoms with Gasteiger partial charge in [-0.25, -0.2) is 4.98 Å². The number of carbonyl (C=O) groups is 2. The number of likely N-dealkylation sites (tertiary alicyclic amines) is 1. The van der Waals surface area contributed by atoms with Crippen molar-refractivity contribution in [3.8, 4) is 0 Å². The molecule has 1 saturated heterocycles. The number of aromatic nitrogens is 1. The van der Waals surface area contributed by atoms with Crippen molar-refractivity contribution >= 4 is 23.3 Å². The molecule has 2 rings (SSSR count). The van der Waals surface area contributed by atoms with E-state index in [1.807, 2.05) is 0 Å². The summed E-state index contributed by atoms with van der Waals surface area (Å²) in [5.74, 6) is 0.0808. The Labute approximate surface area is 98.2 Å². The highest BCUT2D eigenvalue weighted by Gasteiger charge is 2.22. The van der Waals surface area contributed by atoms with Crippen LogP contribution in [0.3, 0.4) is 0 Å². The van der Waals surface area contributed by atoms with Gasteiger partial charge in [0.15, 0.2) is 0 Å². The van der Waals surface area contributed by atoms with Crippen LogP contribution in [0.25, 0.3) is 0 Å². The molecule has 0 N–H and O–H groups in total. The fourth-order valence-corrected chi connectivity index (χ4v) is 1.74. The molecule has 0 aliphatic carbocycles. The average molecular weight is 239 g/mol. The first-order chi connectivity index (χ1) is 7.66. The Morgan fingerprint density at radius 1 is 1.31 bits per heavy atom. The van der Waals surface area contributed by atoms with Gasteiger partial charge in [-0.15, -0.1) is 0 Å². The first-order valence-corrected chi connectivity index (χ1v) is 5.47. The fraction of sp³-hybridized carbons (Fsp3) is 0.364. The predicted molar refractivity (Wildman–Crippen MR) is 59.4 cm³/mol. The van der Waals surface area contributed by atoms with Gasteiger partial charge in [-0.1, -0.05) is 11.6 Å². The van der Waals surface area contributed by atoms with E-state index in [2.05, 4.69) is 4.98 Å². The summed E-state index contributed by atoms with van der Waals surface area (Å²) in [5, 5.41) is 0.505. The standard InChI is InChI=1S/C11H11ClN2O2/c12-8-1-2-10(13-7-8)11(16)14-5-3-9(15)4-6-14/h1-2,7H,3-6H2. The predicted octanol–water partition coefficient (Wildman–Crippen LogP) is 1.54. The molecule has 4 nitrogen and oxygen atoms in total. The molecule has 1 aromatic rings. The van der Waals surface area contributed by atoms with E-state index in [1.54, 1.807) is 17.0 Å². The van der Waals surface area contributed by atoms with Crippen molar-refractivity contribution in [1.29, 1.82) is 0 Å². The lowest BCUT2D eigenvalue weighted by molar-refractivity contribution is -0.120. The van der Waals surface area contributed by atoms with E-state index in [-0.39, 0.29) is 11.7 Å². The van der Waals surface area contributed by atoms with Gasteiger partial charge in [-0.2, -0.15) is 0 Å². The highest BCUT2D eigenvalue weighted by atomic mass is 35.5. The second-order valence-electron chi connectivity index (χ2n) is 3.69. The molecule has 0 aromatic carbocycles. The van der Waals surface area contributed by atoms with Crippen LogP contribution in [-0.2, 0) is 4.79 Å². The number of piperidine rings is 1. The second kappa shape index (κ2) is 4.61. The van der Waals surface area contributed by atoms with Crippen LogP contribution in [0, 0.1) is 0 Å². The van der Waals surface area contributed by atoms with Crippen molar-refractivity contribution < 1.29 is 9.59 Å². The highest BCUT2D eigenvalue weighted by Crippen LogP contribution is 2.11. The number of hydrogen-bond donors (Lipinski definition) is 0. The quantitative estimate of drug-likeness (QED) is 0.746. The Kier molecular flexibility index (Phi) is 3.19. The first-order valence-electron chi connectivity index (χ1n) is 5.09. The van der Waals surface area contributed by atoms with E-state index in [4.69, 9.17) is 11.6 Å². The molecular formula is C11H11ClN2O2. The molecule has 84 valence electrons. The summed E-state index contributed by atoms with van der Waals surface area (Å²) in [6.07, 6.45) is 2.34. The molecule has 1 amide bonds. The van der Waals surface area contributed by atoms with Gasteiger partial charge < -0.3 is 4.90 Å². The molecular weight excluding hydrogens is 228 g/mol. The number of pyridine rings is 1. The minimum Gasteiger partial charge on any atom is -0.336 e. The maximum absolute atomic E-state index is 11.9. The molecule has 1 aliphatic heterocycles. The van der Waals surface area contributed by atoms with Gasteiger partial charge in [0.05, 0.1) is 5.02 Å². The molecule has 0 radical (unpaired) electrons. The molecule has 1 fully saturated rings. The summed E-state index contributed by atoms with van der Waals surface area (Å²) >= 11 is 5.69. The first kappa shape index (κ1) is 11.1. The highest BCUT2D eigenvalue weighted by molar-refractivity contribution is 6.30. The normalized spacial score (nSPS) is 16.3. The molecule has 1 aromatic heterocycles. The lowest BCUT2D eigenvalue weighted by Crippen LogP contribution is -2.38. The maximum Gasteiger partial charge on any atom is 0.272 e. The van der Waals surface area contributed by atoms with Crippen molar-refractivity contribution in [2.24, 2.45) is 0 Å². The minimum absolute atomic E-state index is 0.135. The van der Waals surface area contributed by atoms with E-state index < -0.39 is 0 Å². The number of Topliss-reactive ketones (excluding diaryl/α,β-unsaturated/α-hetero) is 1. The Morgan fingerprint density at radius 3 is 2.56 bits per heavy atom. The van der Waals surface area contributed by atoms with Gasteiger partial charge in [0.1, 0.15) is 11.5 Å². The van der Waals surface area contributed by atoms with Crippen molar-refractivity contribution in [1.82, 2.24) is 9.88 Å². The number of nitrogens with zero attached hydrogens (tertiary/aromatic N) is 2. The number of rotatable bonds is 1. The number of hydrogen-bond acceptors (Lipinski definition) is 3. The molecule has 0 bridgehead atoms. The molecule has 2 heterocycles. The largest absolute Gasteiger partial charge is 0.336 e. The third-order valence-corrected chi connectivity index (χ3v) is 2.78. The van der Waals surface area contributed by atoms with Gasteiger partial charge in [-0.3, -0.25) is 9.59 Å². The third-order valence-electron chi connectivity index (χ3n) is 2.55. The molecule has 0 saturated carbocycles. The number of halogens is 1. The van der Waals surface area contributed by atoms with Crippen LogP contribution in [0.15, 0.2) is 18.3 Å². The molecule has 1 aliphatic rings. The van der Waals surface area contributed by atoms with Gasteiger partial charge in [0, 0.05) is 32.1 Å². The Hall–Kier alpha value is -1.42. The lowest BCUT2D eigenvalue weighted by Gasteiger charge is -2.25. The van der Waals surface area contributed by atoms with Crippen molar-refractivity contribution in [2.75, 3.05) is 13.1 Å². The fourth-order valence-electron chi connectivity index (χ4n) is 1.62. The van der Waals surface area contributed by atoms with Crippen molar-refractivity contribution in [3.05, 3.63) is 29.0 Å². The Bertz CT molecular complexity index is 406. The Morgan fingerprint density at radius 2 is 2.00 bits per heavy atom. The average Bonchev–Trinajstić information content (AvgIpc) is 2.30. The van der Waals surface area contributed by atoms with E-state index in [1.165, 1.54) is 6.20 Å². The molecule has 16 heavy (non-hydrogen) atoms. The number of ketones is 1. The van der Waals surface area contributed by atoms with Gasteiger partial charge in [0.25, 0.3) is 5.91 Å². The van der Waals surface area contributed by atoms with Crippen LogP contribution in [0.4, 0.5) is 0 Å². The topological polar surface area (TPSA) is 50.3 Å². The van der Waals surface area contributed by atoms with E-state index in [9.17, 15) is 9.59 Å². The maximum atomic E-state index is 11.9. The second-order valence-corrected chi connectivity index (χ2v) is 4.13. The molecule has 0 spiro atoms. The van der Waals surface area contributed by atoms with Crippen LogP contribution >= 0.6 is 11.6 Å². The van der Waals surface area contributed by atoms with Gasteiger partial charge in [-0.05, 0) is 12.1 Å². The summed E-state index contributed by atoms with van der Waals surface area (Å²) in [4.78, 5) is 28.6. The van der Waals surface area contributed by atoms with Crippen LogP contribution in [0.2, 0.25) is 5.02 Å². The van der Waals surface area contributed by atoms with E-state index in [0.717, 1.165) is 0 Å². The molecule has 0 unspecified atom stereocenters. The number of amides is 1. The monoisotopic (exact) mass is 238 g/mol. The SMILES string of the molecule is O=C1CCN(C(=O)c2ccc(Cl)cn2)CC1.